The highest BCUT2D eigenvalue weighted by atomic mass is 35.5. The third-order valence-corrected chi connectivity index (χ3v) is 3.66. The van der Waals surface area contributed by atoms with Gasteiger partial charge in [0.2, 0.25) is 0 Å². The number of hydrogen-bond donors (Lipinski definition) is 2. The van der Waals surface area contributed by atoms with Gasteiger partial charge >= 0.3 is 0 Å². The number of nitro benzene ring substituents is 1. The van der Waals surface area contributed by atoms with E-state index in [1.54, 1.807) is 0 Å². The van der Waals surface area contributed by atoms with Gasteiger partial charge in [0.1, 0.15) is 16.7 Å². The SMILES string of the molecule is CC(C)(C)CC(C)(C)N/C=C(/C#N)C(=O)Nc1ccc(Cl)c([N+](=O)[O-])c1. The van der Waals surface area contributed by atoms with Gasteiger partial charge in [0.15, 0.2) is 0 Å². The number of nitrogens with zero attached hydrogens (tertiary/aromatic N) is 2. The van der Waals surface area contributed by atoms with E-state index in [-0.39, 0.29) is 32.9 Å². The Hall–Kier alpha value is -2.59. The summed E-state index contributed by atoms with van der Waals surface area (Å²) in [6, 6.07) is 5.72. The highest BCUT2D eigenvalue weighted by Gasteiger charge is 2.25. The molecule has 1 aromatic carbocycles. The summed E-state index contributed by atoms with van der Waals surface area (Å²) in [5.41, 5.74) is -0.524. The van der Waals surface area contributed by atoms with E-state index in [4.69, 9.17) is 11.6 Å². The number of nitrogens with one attached hydrogen (secondary N) is 2. The average Bonchev–Trinajstić information content (AvgIpc) is 2.47. The fourth-order valence-corrected chi connectivity index (χ4v) is 2.91. The lowest BCUT2D eigenvalue weighted by atomic mass is 9.82. The van der Waals surface area contributed by atoms with Crippen molar-refractivity contribution < 1.29 is 9.72 Å². The van der Waals surface area contributed by atoms with Gasteiger partial charge in [0, 0.05) is 23.5 Å². The second-order valence-corrected chi connectivity index (χ2v) is 8.22. The van der Waals surface area contributed by atoms with Crippen molar-refractivity contribution >= 4 is 28.9 Å². The minimum absolute atomic E-state index is 0.0327. The molecule has 7 nitrogen and oxygen atoms in total. The van der Waals surface area contributed by atoms with Gasteiger partial charge in [-0.3, -0.25) is 14.9 Å². The number of nitriles is 1. The van der Waals surface area contributed by atoms with Crippen molar-refractivity contribution in [1.29, 1.82) is 5.26 Å². The standard InChI is InChI=1S/C18H23ClN4O3/c1-17(2,3)11-18(4,5)21-10-12(9-20)16(24)22-13-6-7-14(19)15(8-13)23(25)26/h6-8,10,21H,11H2,1-5H3,(H,22,24)/b12-10-. The Labute approximate surface area is 158 Å². The van der Waals surface area contributed by atoms with E-state index < -0.39 is 10.8 Å². The van der Waals surface area contributed by atoms with Gasteiger partial charge in [0.05, 0.1) is 4.92 Å². The monoisotopic (exact) mass is 378 g/mol. The van der Waals surface area contributed by atoms with E-state index in [0.717, 1.165) is 12.5 Å². The lowest BCUT2D eigenvalue weighted by Gasteiger charge is -2.33. The van der Waals surface area contributed by atoms with Crippen LogP contribution in [0.5, 0.6) is 0 Å². The number of rotatable bonds is 6. The maximum absolute atomic E-state index is 12.3. The summed E-state index contributed by atoms with van der Waals surface area (Å²) in [4.78, 5) is 22.5. The summed E-state index contributed by atoms with van der Waals surface area (Å²) in [5.74, 6) is -0.664. The molecule has 0 aliphatic rings. The van der Waals surface area contributed by atoms with Crippen LogP contribution in [0.4, 0.5) is 11.4 Å². The van der Waals surface area contributed by atoms with E-state index in [0.29, 0.717) is 0 Å². The Morgan fingerprint density at radius 3 is 2.46 bits per heavy atom. The van der Waals surface area contributed by atoms with Crippen LogP contribution in [0.2, 0.25) is 5.02 Å². The van der Waals surface area contributed by atoms with Crippen molar-refractivity contribution in [3.05, 3.63) is 45.1 Å². The Balaban J connectivity index is 2.92. The number of anilines is 1. The maximum Gasteiger partial charge on any atom is 0.289 e. The molecule has 140 valence electrons. The van der Waals surface area contributed by atoms with Gasteiger partial charge in [-0.15, -0.1) is 0 Å². The van der Waals surface area contributed by atoms with Gasteiger partial charge < -0.3 is 10.6 Å². The Kier molecular flexibility index (Phi) is 6.76. The second kappa shape index (κ2) is 8.19. The quantitative estimate of drug-likeness (QED) is 0.330. The molecule has 0 saturated heterocycles. The van der Waals surface area contributed by atoms with E-state index >= 15 is 0 Å². The van der Waals surface area contributed by atoms with Crippen LogP contribution in [0.15, 0.2) is 30.0 Å². The first-order valence-electron chi connectivity index (χ1n) is 7.98. The highest BCUT2D eigenvalue weighted by Crippen LogP contribution is 2.28. The second-order valence-electron chi connectivity index (χ2n) is 7.81. The Morgan fingerprint density at radius 2 is 1.96 bits per heavy atom. The topological polar surface area (TPSA) is 108 Å². The molecule has 1 rings (SSSR count). The highest BCUT2D eigenvalue weighted by molar-refractivity contribution is 6.32. The number of carbonyl (C=O) groups excluding carboxylic acids is 1. The molecule has 0 aliphatic carbocycles. The number of halogens is 1. The maximum atomic E-state index is 12.3. The first-order chi connectivity index (χ1) is 11.8. The molecule has 1 aromatic rings. The zero-order valence-corrected chi connectivity index (χ0v) is 16.3. The van der Waals surface area contributed by atoms with Crippen LogP contribution < -0.4 is 10.6 Å². The number of benzene rings is 1. The van der Waals surface area contributed by atoms with Gasteiger partial charge in [0.25, 0.3) is 11.6 Å². The molecule has 0 aromatic heterocycles. The minimum atomic E-state index is -0.664. The predicted molar refractivity (Wildman–Crippen MR) is 102 cm³/mol. The van der Waals surface area contributed by atoms with Crippen molar-refractivity contribution in [2.45, 2.75) is 46.6 Å². The van der Waals surface area contributed by atoms with Crippen LogP contribution in [0, 0.1) is 26.9 Å². The summed E-state index contributed by atoms with van der Waals surface area (Å²) in [5, 5.41) is 25.7. The molecule has 0 bridgehead atoms. The van der Waals surface area contributed by atoms with Crippen molar-refractivity contribution in [1.82, 2.24) is 5.32 Å². The molecular weight excluding hydrogens is 356 g/mol. The van der Waals surface area contributed by atoms with Crippen molar-refractivity contribution in [3.63, 3.8) is 0 Å². The van der Waals surface area contributed by atoms with Gasteiger partial charge in [-0.1, -0.05) is 32.4 Å². The Bertz CT molecular complexity index is 774. The first kappa shape index (κ1) is 21.5. The number of nitro groups is 1. The largest absolute Gasteiger partial charge is 0.385 e. The van der Waals surface area contributed by atoms with Crippen LogP contribution in [0.1, 0.15) is 41.0 Å². The molecule has 8 heteroatoms. The average molecular weight is 379 g/mol. The van der Waals surface area contributed by atoms with Crippen LogP contribution in [0.3, 0.4) is 0 Å². The molecule has 0 radical (unpaired) electrons. The number of hydrogen-bond acceptors (Lipinski definition) is 5. The third-order valence-electron chi connectivity index (χ3n) is 3.35. The lowest BCUT2D eigenvalue weighted by molar-refractivity contribution is -0.384. The Morgan fingerprint density at radius 1 is 1.35 bits per heavy atom. The van der Waals surface area contributed by atoms with Crippen LogP contribution in [0.25, 0.3) is 0 Å². The zero-order valence-electron chi connectivity index (χ0n) is 15.5. The van der Waals surface area contributed by atoms with E-state index in [9.17, 15) is 20.2 Å². The van der Waals surface area contributed by atoms with Gasteiger partial charge in [-0.25, -0.2) is 0 Å². The molecular formula is C18H23ClN4O3. The normalized spacial score (nSPS) is 12.3. The lowest BCUT2D eigenvalue weighted by Crippen LogP contribution is -2.39. The number of amides is 1. The molecule has 2 N–H and O–H groups in total. The summed E-state index contributed by atoms with van der Waals surface area (Å²) >= 11 is 5.74. The summed E-state index contributed by atoms with van der Waals surface area (Å²) < 4.78 is 0. The minimum Gasteiger partial charge on any atom is -0.385 e. The van der Waals surface area contributed by atoms with E-state index in [1.165, 1.54) is 18.3 Å². The molecule has 0 aliphatic heterocycles. The summed E-state index contributed by atoms with van der Waals surface area (Å²) in [6.07, 6.45) is 2.19. The predicted octanol–water partition coefficient (Wildman–Crippen LogP) is 4.40. The molecule has 0 heterocycles. The van der Waals surface area contributed by atoms with Crippen LogP contribution in [-0.2, 0) is 4.79 Å². The molecule has 0 atom stereocenters. The van der Waals surface area contributed by atoms with Crippen molar-refractivity contribution in [2.75, 3.05) is 5.32 Å². The summed E-state index contributed by atoms with van der Waals surface area (Å²) in [6.45, 7) is 10.3. The first-order valence-corrected chi connectivity index (χ1v) is 8.36. The van der Waals surface area contributed by atoms with Gasteiger partial charge in [-0.05, 0) is 37.8 Å². The van der Waals surface area contributed by atoms with Crippen molar-refractivity contribution in [2.24, 2.45) is 5.41 Å². The molecule has 26 heavy (non-hydrogen) atoms. The summed E-state index contributed by atoms with van der Waals surface area (Å²) in [7, 11) is 0. The molecule has 1 amide bonds. The van der Waals surface area contributed by atoms with E-state index in [2.05, 4.69) is 31.4 Å². The number of carbonyl (C=O) groups is 1. The fourth-order valence-electron chi connectivity index (χ4n) is 2.72. The zero-order chi connectivity index (χ0) is 20.1. The fraction of sp³-hybridized carbons (Fsp3) is 0.444. The van der Waals surface area contributed by atoms with Gasteiger partial charge in [-0.2, -0.15) is 5.26 Å². The smallest absolute Gasteiger partial charge is 0.289 e. The molecule has 0 spiro atoms. The molecule has 0 fully saturated rings. The van der Waals surface area contributed by atoms with Crippen molar-refractivity contribution in [3.8, 4) is 6.07 Å². The molecule has 0 saturated carbocycles. The van der Waals surface area contributed by atoms with Crippen LogP contribution >= 0.6 is 11.6 Å². The van der Waals surface area contributed by atoms with Crippen LogP contribution in [-0.4, -0.2) is 16.4 Å². The van der Waals surface area contributed by atoms with E-state index in [1.807, 2.05) is 19.9 Å². The molecule has 0 unspecified atom stereocenters. The third kappa shape index (κ3) is 6.73.